The summed E-state index contributed by atoms with van der Waals surface area (Å²) in [6.45, 7) is 0. The number of hydrogen-bond donors (Lipinski definition) is 0. The summed E-state index contributed by atoms with van der Waals surface area (Å²) in [6.07, 6.45) is 0. The molecule has 0 fully saturated rings. The van der Waals surface area contributed by atoms with Gasteiger partial charge in [0.25, 0.3) is 0 Å². The van der Waals surface area contributed by atoms with E-state index in [1.807, 2.05) is 0 Å². The third kappa shape index (κ3) is 5.74. The summed E-state index contributed by atoms with van der Waals surface area (Å²) in [7, 11) is 0. The van der Waals surface area contributed by atoms with Crippen LogP contribution in [0.15, 0.2) is 267 Å². The predicted molar refractivity (Wildman–Crippen MR) is 315 cm³/mol. The summed E-state index contributed by atoms with van der Waals surface area (Å²) in [5.41, 5.74) is 25.6. The standard InChI is InChI=1S/C74H44/c1-5-21-45(22-6-1)65-57-31-15-17-33-59(57)67(47-25-9-3-10-26-47)73-63-43-41-53(55-35-19-37-61(69(55)63)71(65)73)51-39-40-52(50-30-14-13-29-49(50)51)54-42-44-64-70-56(54)36-20-38-62(70)72-66(46-23-7-2-8-24-46)58-32-16-18-34-60(58)68(74(64)72)48-27-11-4-12-28-48/h1-44H. The Kier molecular flexibility index (Phi) is 8.84. The Morgan fingerprint density at radius 2 is 0.338 bits per heavy atom. The molecule has 0 spiro atoms. The Bertz CT molecular complexity index is 4180. The molecule has 0 bridgehead atoms. The fourth-order valence-electron chi connectivity index (χ4n) is 13.5. The highest BCUT2D eigenvalue weighted by molar-refractivity contribution is 6.31. The molecule has 74 heavy (non-hydrogen) atoms. The third-order valence-electron chi connectivity index (χ3n) is 16.3. The van der Waals surface area contributed by atoms with E-state index in [1.54, 1.807) is 0 Å². The second kappa shape index (κ2) is 15.9. The van der Waals surface area contributed by atoms with Gasteiger partial charge in [0.15, 0.2) is 0 Å². The molecule has 0 saturated carbocycles. The van der Waals surface area contributed by atoms with Crippen LogP contribution in [0.1, 0.15) is 0 Å². The first kappa shape index (κ1) is 41.0. The summed E-state index contributed by atoms with van der Waals surface area (Å²) >= 11 is 0. The highest BCUT2D eigenvalue weighted by atomic mass is 14.4. The van der Waals surface area contributed by atoms with Crippen molar-refractivity contribution in [2.45, 2.75) is 0 Å². The quantitative estimate of drug-likeness (QED) is 0.156. The van der Waals surface area contributed by atoms with Gasteiger partial charge >= 0.3 is 0 Å². The lowest BCUT2D eigenvalue weighted by molar-refractivity contribution is 1.62. The van der Waals surface area contributed by atoms with E-state index in [0.29, 0.717) is 0 Å². The summed E-state index contributed by atoms with van der Waals surface area (Å²) in [5, 5.41) is 12.8. The topological polar surface area (TPSA) is 0 Å². The van der Waals surface area contributed by atoms with Crippen molar-refractivity contribution in [2.24, 2.45) is 0 Å². The van der Waals surface area contributed by atoms with Gasteiger partial charge in [0.05, 0.1) is 0 Å². The number of hydrogen-bond acceptors (Lipinski definition) is 0. The van der Waals surface area contributed by atoms with Crippen molar-refractivity contribution in [2.75, 3.05) is 0 Å². The Morgan fingerprint density at radius 3 is 0.635 bits per heavy atom. The van der Waals surface area contributed by atoms with E-state index in [2.05, 4.69) is 267 Å². The molecule has 0 nitrogen and oxygen atoms in total. The van der Waals surface area contributed by atoms with Crippen molar-refractivity contribution < 1.29 is 0 Å². The molecule has 0 radical (unpaired) electrons. The molecule has 0 amide bonds. The second-order valence-electron chi connectivity index (χ2n) is 20.0. The van der Waals surface area contributed by atoms with Gasteiger partial charge in [-0.25, -0.2) is 0 Å². The fraction of sp³-hybridized carbons (Fsp3) is 0. The minimum Gasteiger partial charge on any atom is -0.0622 e. The van der Waals surface area contributed by atoms with Crippen molar-refractivity contribution >= 4 is 53.9 Å². The van der Waals surface area contributed by atoms with Gasteiger partial charge in [-0.05, 0) is 165 Å². The van der Waals surface area contributed by atoms with Crippen molar-refractivity contribution in [3.63, 3.8) is 0 Å². The summed E-state index contributed by atoms with van der Waals surface area (Å²) in [5.74, 6) is 0. The van der Waals surface area contributed by atoms with E-state index >= 15 is 0 Å². The van der Waals surface area contributed by atoms with E-state index in [4.69, 9.17) is 0 Å². The fourth-order valence-corrected chi connectivity index (χ4v) is 13.5. The zero-order chi connectivity index (χ0) is 48.4. The smallest absolute Gasteiger partial charge is 0.000741 e. The molecule has 0 N–H and O–H groups in total. The van der Waals surface area contributed by atoms with E-state index in [-0.39, 0.29) is 0 Å². The molecule has 16 rings (SSSR count). The molecule has 0 saturated heterocycles. The highest BCUT2D eigenvalue weighted by Crippen LogP contribution is 2.61. The number of rotatable bonds is 6. The van der Waals surface area contributed by atoms with Crippen molar-refractivity contribution in [1.82, 2.24) is 0 Å². The van der Waals surface area contributed by atoms with E-state index in [1.165, 1.54) is 165 Å². The van der Waals surface area contributed by atoms with Crippen molar-refractivity contribution in [3.05, 3.63) is 267 Å². The molecule has 0 aliphatic heterocycles. The van der Waals surface area contributed by atoms with Crippen molar-refractivity contribution in [1.29, 1.82) is 0 Å². The monoisotopic (exact) mass is 932 g/mol. The van der Waals surface area contributed by atoms with Gasteiger partial charge in [-0.1, -0.05) is 267 Å². The molecule has 14 aromatic rings. The first-order chi connectivity index (χ1) is 36.8. The molecule has 0 unspecified atom stereocenters. The maximum absolute atomic E-state index is 2.42. The average Bonchev–Trinajstić information content (AvgIpc) is 4.02. The van der Waals surface area contributed by atoms with Crippen LogP contribution in [0.25, 0.3) is 165 Å². The molecular formula is C74H44. The zero-order valence-corrected chi connectivity index (χ0v) is 40.4. The van der Waals surface area contributed by atoms with Crippen LogP contribution in [0.5, 0.6) is 0 Å². The van der Waals surface area contributed by atoms with Gasteiger partial charge in [0, 0.05) is 0 Å². The third-order valence-corrected chi connectivity index (χ3v) is 16.3. The Hall–Kier alpha value is -9.62. The first-order valence-corrected chi connectivity index (χ1v) is 25.8. The lowest BCUT2D eigenvalue weighted by Gasteiger charge is -2.20. The zero-order valence-electron chi connectivity index (χ0n) is 40.4. The average molecular weight is 933 g/mol. The van der Waals surface area contributed by atoms with Crippen LogP contribution in [-0.2, 0) is 0 Å². The van der Waals surface area contributed by atoms with Crippen LogP contribution >= 0.6 is 0 Å². The Morgan fingerprint density at radius 1 is 0.122 bits per heavy atom. The maximum Gasteiger partial charge on any atom is -0.000741 e. The van der Waals surface area contributed by atoms with Crippen LogP contribution in [0.3, 0.4) is 0 Å². The van der Waals surface area contributed by atoms with E-state index in [9.17, 15) is 0 Å². The Labute approximate surface area is 429 Å². The van der Waals surface area contributed by atoms with Gasteiger partial charge in [-0.2, -0.15) is 0 Å². The van der Waals surface area contributed by atoms with Gasteiger partial charge in [-0.15, -0.1) is 0 Å². The predicted octanol–water partition coefficient (Wildman–Crippen LogP) is 20.7. The molecule has 340 valence electrons. The Balaban J connectivity index is 0.919. The van der Waals surface area contributed by atoms with E-state index in [0.717, 1.165) is 0 Å². The van der Waals surface area contributed by atoms with Crippen LogP contribution in [-0.4, -0.2) is 0 Å². The molecular weight excluding hydrogens is 889 g/mol. The van der Waals surface area contributed by atoms with Crippen LogP contribution < -0.4 is 0 Å². The lowest BCUT2D eigenvalue weighted by atomic mass is 9.82. The molecule has 0 heteroatoms. The normalized spacial score (nSPS) is 12.1. The molecule has 0 heterocycles. The number of fused-ring (bicyclic) bond motifs is 9. The summed E-state index contributed by atoms with van der Waals surface area (Å²) in [4.78, 5) is 0. The summed E-state index contributed by atoms with van der Waals surface area (Å²) in [6, 6.07) is 99.6. The summed E-state index contributed by atoms with van der Waals surface area (Å²) < 4.78 is 0. The van der Waals surface area contributed by atoms with E-state index < -0.39 is 0 Å². The number of benzene rings is 14. The largest absolute Gasteiger partial charge is 0.0622 e. The highest BCUT2D eigenvalue weighted by Gasteiger charge is 2.33. The van der Waals surface area contributed by atoms with Crippen molar-refractivity contribution in [3.8, 4) is 111 Å². The minimum atomic E-state index is 1.24. The van der Waals surface area contributed by atoms with Gasteiger partial charge in [0.1, 0.15) is 0 Å². The van der Waals surface area contributed by atoms with Gasteiger partial charge in [-0.3, -0.25) is 0 Å². The van der Waals surface area contributed by atoms with Crippen LogP contribution in [0, 0.1) is 0 Å². The molecule has 0 aromatic heterocycles. The van der Waals surface area contributed by atoms with Crippen LogP contribution in [0.2, 0.25) is 0 Å². The first-order valence-electron chi connectivity index (χ1n) is 25.8. The minimum absolute atomic E-state index is 1.24. The molecule has 14 aromatic carbocycles. The second-order valence-corrected chi connectivity index (χ2v) is 20.0. The lowest BCUT2D eigenvalue weighted by Crippen LogP contribution is -1.93. The van der Waals surface area contributed by atoms with Crippen LogP contribution in [0.4, 0.5) is 0 Å². The van der Waals surface area contributed by atoms with Gasteiger partial charge in [0.2, 0.25) is 0 Å². The molecule has 2 aliphatic rings. The maximum atomic E-state index is 2.42. The molecule has 0 atom stereocenters. The SMILES string of the molecule is c1ccc(-c2c3c(c(-c4ccccc4)c4ccccc24)-c2ccc(-c4ccc(-c5ccc6c7c(cccc57)-c5c-6c(-c6ccccc6)c6ccccc6c5-c5ccccc5)c5ccccc45)c4cccc-3c24)cc1. The van der Waals surface area contributed by atoms with Gasteiger partial charge < -0.3 is 0 Å². The molecule has 2 aliphatic carbocycles.